The number of nitrogens with two attached hydrogens (primary N) is 1. The maximum atomic E-state index is 6.17. The van der Waals surface area contributed by atoms with E-state index in [2.05, 4.69) is 19.2 Å². The Labute approximate surface area is 109 Å². The molecule has 0 saturated heterocycles. The van der Waals surface area contributed by atoms with Gasteiger partial charge in [0.05, 0.1) is 16.4 Å². The van der Waals surface area contributed by atoms with Crippen LogP contribution >= 0.6 is 11.6 Å². The number of rotatable bonds is 2. The number of nitrogen functional groups attached to an aromatic ring is 1. The van der Waals surface area contributed by atoms with Gasteiger partial charge in [-0.3, -0.25) is 0 Å². The van der Waals surface area contributed by atoms with Crippen molar-refractivity contribution in [1.29, 1.82) is 0 Å². The van der Waals surface area contributed by atoms with Gasteiger partial charge in [-0.05, 0) is 43.2 Å². The lowest BCUT2D eigenvalue weighted by Crippen LogP contribution is -2.30. The van der Waals surface area contributed by atoms with Gasteiger partial charge in [0.2, 0.25) is 0 Å². The Morgan fingerprint density at radius 2 is 2.00 bits per heavy atom. The zero-order chi connectivity index (χ0) is 12.4. The first-order valence-electron chi connectivity index (χ1n) is 6.38. The van der Waals surface area contributed by atoms with Gasteiger partial charge in [0.1, 0.15) is 0 Å². The highest BCUT2D eigenvalue weighted by Crippen LogP contribution is 2.34. The smallest absolute Gasteiger partial charge is 0.0765 e. The molecule has 0 heterocycles. The molecule has 0 amide bonds. The van der Waals surface area contributed by atoms with Crippen molar-refractivity contribution in [3.8, 4) is 0 Å². The number of hydrogen-bond donors (Lipinski definition) is 2. The predicted molar refractivity (Wildman–Crippen MR) is 75.5 cm³/mol. The van der Waals surface area contributed by atoms with Crippen LogP contribution in [0.5, 0.6) is 0 Å². The average Bonchev–Trinajstić information content (AvgIpc) is 2.28. The molecular weight excluding hydrogens is 232 g/mol. The van der Waals surface area contributed by atoms with Crippen molar-refractivity contribution >= 4 is 23.0 Å². The summed E-state index contributed by atoms with van der Waals surface area (Å²) in [6.07, 6.45) is 3.69. The van der Waals surface area contributed by atoms with Crippen LogP contribution in [-0.4, -0.2) is 6.04 Å². The van der Waals surface area contributed by atoms with Gasteiger partial charge in [0.25, 0.3) is 0 Å². The van der Waals surface area contributed by atoms with Crippen molar-refractivity contribution in [2.75, 3.05) is 11.1 Å². The van der Waals surface area contributed by atoms with Crippen LogP contribution in [0.2, 0.25) is 5.02 Å². The quantitative estimate of drug-likeness (QED) is 0.776. The fourth-order valence-electron chi connectivity index (χ4n) is 2.58. The molecule has 0 aliphatic heterocycles. The highest BCUT2D eigenvalue weighted by molar-refractivity contribution is 6.33. The van der Waals surface area contributed by atoms with Crippen molar-refractivity contribution in [3.05, 3.63) is 23.2 Å². The first-order valence-corrected chi connectivity index (χ1v) is 6.76. The Balaban J connectivity index is 2.06. The molecule has 0 aromatic heterocycles. The third-order valence-electron chi connectivity index (χ3n) is 3.99. The van der Waals surface area contributed by atoms with E-state index >= 15 is 0 Å². The summed E-state index contributed by atoms with van der Waals surface area (Å²) in [4.78, 5) is 0. The highest BCUT2D eigenvalue weighted by Gasteiger charge is 2.25. The zero-order valence-corrected chi connectivity index (χ0v) is 11.3. The maximum Gasteiger partial charge on any atom is 0.0765 e. The lowest BCUT2D eigenvalue weighted by atomic mass is 9.79. The molecule has 94 valence electrons. The second kappa shape index (κ2) is 5.18. The first-order chi connectivity index (χ1) is 8.08. The summed E-state index contributed by atoms with van der Waals surface area (Å²) in [6.45, 7) is 4.67. The van der Waals surface area contributed by atoms with Crippen LogP contribution in [0.4, 0.5) is 11.4 Å². The van der Waals surface area contributed by atoms with Crippen molar-refractivity contribution in [3.63, 3.8) is 0 Å². The monoisotopic (exact) mass is 252 g/mol. The van der Waals surface area contributed by atoms with Gasteiger partial charge in [0.15, 0.2) is 0 Å². The number of para-hydroxylation sites is 1. The number of nitrogens with one attached hydrogen (secondary N) is 1. The summed E-state index contributed by atoms with van der Waals surface area (Å²) in [7, 11) is 0. The molecule has 1 aliphatic rings. The zero-order valence-electron chi connectivity index (χ0n) is 10.5. The molecule has 1 aliphatic carbocycles. The molecule has 0 spiro atoms. The average molecular weight is 253 g/mol. The minimum absolute atomic E-state index is 0.503. The molecular formula is C14H21ClN2. The van der Waals surface area contributed by atoms with Crippen LogP contribution in [0.3, 0.4) is 0 Å². The minimum Gasteiger partial charge on any atom is -0.397 e. The molecule has 1 saturated carbocycles. The van der Waals surface area contributed by atoms with Crippen molar-refractivity contribution in [1.82, 2.24) is 0 Å². The highest BCUT2D eigenvalue weighted by atomic mass is 35.5. The molecule has 1 aromatic rings. The predicted octanol–water partition coefficient (Wildman–Crippen LogP) is 4.16. The van der Waals surface area contributed by atoms with Gasteiger partial charge in [-0.1, -0.05) is 31.5 Å². The normalized spacial score (nSPS) is 29.0. The van der Waals surface area contributed by atoms with Gasteiger partial charge >= 0.3 is 0 Å². The summed E-state index contributed by atoms with van der Waals surface area (Å²) in [5.74, 6) is 1.60. The molecule has 3 N–H and O–H groups in total. The van der Waals surface area contributed by atoms with Gasteiger partial charge in [-0.25, -0.2) is 0 Å². The van der Waals surface area contributed by atoms with Gasteiger partial charge in [0, 0.05) is 6.04 Å². The summed E-state index contributed by atoms with van der Waals surface area (Å²) in [5.41, 5.74) is 7.60. The Hall–Kier alpha value is -0.890. The van der Waals surface area contributed by atoms with Crippen LogP contribution in [0.1, 0.15) is 33.1 Å². The molecule has 1 fully saturated rings. The second-order valence-electron chi connectivity index (χ2n) is 5.31. The van der Waals surface area contributed by atoms with Crippen molar-refractivity contribution in [2.45, 2.75) is 39.2 Å². The van der Waals surface area contributed by atoms with E-state index in [1.807, 2.05) is 18.2 Å². The second-order valence-corrected chi connectivity index (χ2v) is 5.72. The van der Waals surface area contributed by atoms with E-state index in [1.54, 1.807) is 0 Å². The van der Waals surface area contributed by atoms with Gasteiger partial charge in [-0.15, -0.1) is 0 Å². The summed E-state index contributed by atoms with van der Waals surface area (Å²) >= 11 is 6.17. The molecule has 2 rings (SSSR count). The lowest BCUT2D eigenvalue weighted by molar-refractivity contribution is 0.261. The molecule has 0 bridgehead atoms. The minimum atomic E-state index is 0.503. The van der Waals surface area contributed by atoms with Crippen LogP contribution in [0.25, 0.3) is 0 Å². The third kappa shape index (κ3) is 2.86. The Morgan fingerprint density at radius 3 is 2.65 bits per heavy atom. The van der Waals surface area contributed by atoms with E-state index in [0.717, 1.165) is 28.2 Å². The summed E-state index contributed by atoms with van der Waals surface area (Å²) < 4.78 is 0. The van der Waals surface area contributed by atoms with Crippen molar-refractivity contribution in [2.24, 2.45) is 11.8 Å². The first kappa shape index (κ1) is 12.6. The number of anilines is 2. The maximum absolute atomic E-state index is 6.17. The number of hydrogen-bond acceptors (Lipinski definition) is 2. The standard InChI is InChI=1S/C14H21ClN2/c1-9-6-7-11(8-10(9)2)17-14-12(15)4-3-5-13(14)16/h3-5,9-11,17H,6-8,16H2,1-2H3. The van der Waals surface area contributed by atoms with Crippen LogP contribution in [0.15, 0.2) is 18.2 Å². The summed E-state index contributed by atoms with van der Waals surface area (Å²) in [5, 5.41) is 4.23. The molecule has 17 heavy (non-hydrogen) atoms. The topological polar surface area (TPSA) is 38.0 Å². The van der Waals surface area contributed by atoms with Crippen molar-refractivity contribution < 1.29 is 0 Å². The molecule has 3 unspecified atom stereocenters. The van der Waals surface area contributed by atoms with Crippen LogP contribution in [0, 0.1) is 11.8 Å². The molecule has 3 atom stereocenters. The SMILES string of the molecule is CC1CCC(Nc2c(N)cccc2Cl)CC1C. The largest absolute Gasteiger partial charge is 0.397 e. The van der Waals surface area contributed by atoms with E-state index < -0.39 is 0 Å². The third-order valence-corrected chi connectivity index (χ3v) is 4.31. The molecule has 2 nitrogen and oxygen atoms in total. The Kier molecular flexibility index (Phi) is 3.82. The fraction of sp³-hybridized carbons (Fsp3) is 0.571. The van der Waals surface area contributed by atoms with Gasteiger partial charge < -0.3 is 11.1 Å². The molecule has 1 aromatic carbocycles. The van der Waals surface area contributed by atoms with E-state index in [9.17, 15) is 0 Å². The Bertz CT molecular complexity index is 372. The van der Waals surface area contributed by atoms with Gasteiger partial charge in [-0.2, -0.15) is 0 Å². The Morgan fingerprint density at radius 1 is 1.24 bits per heavy atom. The van der Waals surface area contributed by atoms with E-state index in [0.29, 0.717) is 6.04 Å². The fourth-order valence-corrected chi connectivity index (χ4v) is 2.81. The van der Waals surface area contributed by atoms with Crippen LogP contribution < -0.4 is 11.1 Å². The lowest BCUT2D eigenvalue weighted by Gasteiger charge is -2.33. The summed E-state index contributed by atoms with van der Waals surface area (Å²) in [6, 6.07) is 6.16. The molecule has 0 radical (unpaired) electrons. The van der Waals surface area contributed by atoms with E-state index in [1.165, 1.54) is 19.3 Å². The van der Waals surface area contributed by atoms with Crippen LogP contribution in [-0.2, 0) is 0 Å². The molecule has 3 heteroatoms. The van der Waals surface area contributed by atoms with E-state index in [4.69, 9.17) is 17.3 Å². The van der Waals surface area contributed by atoms with E-state index in [-0.39, 0.29) is 0 Å². The number of benzene rings is 1. The number of halogens is 1.